The minimum atomic E-state index is -0.540. The summed E-state index contributed by atoms with van der Waals surface area (Å²) in [5, 5.41) is 7.41. The van der Waals surface area contributed by atoms with Crippen LogP contribution in [0.2, 0.25) is 0 Å². The van der Waals surface area contributed by atoms with Crippen molar-refractivity contribution < 1.29 is 18.8 Å². The summed E-state index contributed by atoms with van der Waals surface area (Å²) in [6.45, 7) is 3.62. The Morgan fingerprint density at radius 3 is 2.45 bits per heavy atom. The highest BCUT2D eigenvalue weighted by atomic mass is 32.2. The number of halogens is 1. The number of rotatable bonds is 6. The Bertz CT molecular complexity index is 1670. The van der Waals surface area contributed by atoms with Crippen molar-refractivity contribution in [3.8, 4) is 0 Å². The Labute approximate surface area is 237 Å². The second-order valence-electron chi connectivity index (χ2n) is 8.73. The highest BCUT2D eigenvalue weighted by Crippen LogP contribution is 2.36. The number of carbonyl (C=O) groups is 3. The number of benzene rings is 3. The van der Waals surface area contributed by atoms with Gasteiger partial charge in [-0.3, -0.25) is 24.6 Å². The Balaban J connectivity index is 1.36. The van der Waals surface area contributed by atoms with Crippen LogP contribution in [0.25, 0.3) is 6.08 Å². The van der Waals surface area contributed by atoms with Crippen molar-refractivity contribution in [3.05, 3.63) is 117 Å². The van der Waals surface area contributed by atoms with E-state index in [1.807, 2.05) is 49.4 Å². The van der Waals surface area contributed by atoms with E-state index in [2.05, 4.69) is 20.8 Å². The summed E-state index contributed by atoms with van der Waals surface area (Å²) in [4.78, 5) is 45.3. The fraction of sp³-hybridized carbons (Fsp3) is 0.0690. The van der Waals surface area contributed by atoms with Crippen molar-refractivity contribution in [1.29, 1.82) is 0 Å². The molecular formula is C29H22FN5O3S2. The predicted octanol–water partition coefficient (Wildman–Crippen LogP) is 5.97. The van der Waals surface area contributed by atoms with Crippen LogP contribution in [-0.2, 0) is 4.79 Å². The number of aromatic nitrogens is 1. The topological polar surface area (TPSA) is 104 Å². The van der Waals surface area contributed by atoms with E-state index < -0.39 is 17.6 Å². The normalized spacial score (nSPS) is 15.1. The molecule has 1 fully saturated rings. The second-order valence-corrected chi connectivity index (χ2v) is 10.7. The van der Waals surface area contributed by atoms with E-state index >= 15 is 0 Å². The maximum Gasteiger partial charge on any atom is 0.283 e. The SMILES string of the molecule is Cc1cccc(/C=C2/S/C(=N/NC(=O)c3sc(NC(=O)c4ccc(F)cc4)nc3C)N(c3ccccc3)C2=O)c1. The van der Waals surface area contributed by atoms with Crippen molar-refractivity contribution in [2.24, 2.45) is 5.10 Å². The maximum absolute atomic E-state index is 13.4. The number of amides is 3. The Morgan fingerprint density at radius 2 is 1.73 bits per heavy atom. The minimum absolute atomic E-state index is 0.212. The molecule has 0 radical (unpaired) electrons. The summed E-state index contributed by atoms with van der Waals surface area (Å²) < 4.78 is 13.2. The van der Waals surface area contributed by atoms with Gasteiger partial charge in [0, 0.05) is 5.56 Å². The number of aryl methyl sites for hydroxylation is 2. The highest BCUT2D eigenvalue weighted by molar-refractivity contribution is 8.19. The van der Waals surface area contributed by atoms with E-state index in [0.717, 1.165) is 34.2 Å². The standard InChI is InChI=1S/C29H22FN5O3S2/c1-17-7-6-8-19(15-17)16-23-27(38)35(22-9-4-3-5-10-22)29(39-23)34-33-26(37)24-18(2)31-28(40-24)32-25(36)20-11-13-21(30)14-12-20/h3-16H,1-2H3,(H,33,37)(H,31,32,36)/b23-16+,34-29+. The van der Waals surface area contributed by atoms with Gasteiger partial charge in [0.05, 0.1) is 16.3 Å². The summed E-state index contributed by atoms with van der Waals surface area (Å²) in [6, 6.07) is 21.9. The van der Waals surface area contributed by atoms with Crippen LogP contribution >= 0.6 is 23.1 Å². The molecule has 0 saturated carbocycles. The first kappa shape index (κ1) is 27.0. The van der Waals surface area contributed by atoms with Crippen LogP contribution in [0.1, 0.15) is 36.9 Å². The maximum atomic E-state index is 13.4. The van der Waals surface area contributed by atoms with Gasteiger partial charge in [0.2, 0.25) is 0 Å². The van der Waals surface area contributed by atoms with Crippen molar-refractivity contribution in [1.82, 2.24) is 10.4 Å². The van der Waals surface area contributed by atoms with Gasteiger partial charge in [-0.1, -0.05) is 59.4 Å². The van der Waals surface area contributed by atoms with Gasteiger partial charge < -0.3 is 0 Å². The van der Waals surface area contributed by atoms with Gasteiger partial charge in [0.1, 0.15) is 10.7 Å². The lowest BCUT2D eigenvalue weighted by Gasteiger charge is -2.15. The molecule has 0 unspecified atom stereocenters. The highest BCUT2D eigenvalue weighted by Gasteiger charge is 2.35. The van der Waals surface area contributed by atoms with E-state index in [9.17, 15) is 18.8 Å². The summed E-state index contributed by atoms with van der Waals surface area (Å²) >= 11 is 2.13. The van der Waals surface area contributed by atoms with E-state index in [-0.39, 0.29) is 26.6 Å². The number of nitrogens with one attached hydrogen (secondary N) is 2. The van der Waals surface area contributed by atoms with Crippen LogP contribution in [0.3, 0.4) is 0 Å². The zero-order valence-corrected chi connectivity index (χ0v) is 23.0. The summed E-state index contributed by atoms with van der Waals surface area (Å²) in [5.74, 6) is -1.73. The zero-order valence-electron chi connectivity index (χ0n) is 21.3. The molecule has 0 atom stereocenters. The van der Waals surface area contributed by atoms with E-state index in [1.165, 1.54) is 29.2 Å². The number of anilines is 2. The van der Waals surface area contributed by atoms with Crippen LogP contribution in [0.4, 0.5) is 15.2 Å². The molecule has 2 N–H and O–H groups in total. The number of para-hydroxylation sites is 1. The van der Waals surface area contributed by atoms with Gasteiger partial charge >= 0.3 is 0 Å². The number of thioether (sulfide) groups is 1. The quantitative estimate of drug-likeness (QED) is 0.219. The van der Waals surface area contributed by atoms with Crippen molar-refractivity contribution >= 4 is 62.9 Å². The Morgan fingerprint density at radius 1 is 0.975 bits per heavy atom. The van der Waals surface area contributed by atoms with Crippen molar-refractivity contribution in [2.75, 3.05) is 10.2 Å². The molecule has 3 amide bonds. The summed E-state index contributed by atoms with van der Waals surface area (Å²) in [7, 11) is 0. The number of hydrazone groups is 1. The van der Waals surface area contributed by atoms with Gasteiger partial charge in [-0.25, -0.2) is 14.8 Å². The Hall–Kier alpha value is -4.61. The average molecular weight is 572 g/mol. The first-order valence-corrected chi connectivity index (χ1v) is 13.7. The first-order valence-electron chi connectivity index (χ1n) is 12.1. The van der Waals surface area contributed by atoms with Crippen molar-refractivity contribution in [2.45, 2.75) is 13.8 Å². The molecule has 4 aromatic rings. The zero-order chi connectivity index (χ0) is 28.2. The van der Waals surface area contributed by atoms with Crippen molar-refractivity contribution in [3.63, 3.8) is 0 Å². The van der Waals surface area contributed by atoms with Crippen LogP contribution in [0.15, 0.2) is 88.9 Å². The van der Waals surface area contributed by atoms with E-state index in [1.54, 1.807) is 25.1 Å². The lowest BCUT2D eigenvalue weighted by molar-refractivity contribution is -0.113. The molecule has 1 saturated heterocycles. The van der Waals surface area contributed by atoms with E-state index in [4.69, 9.17) is 0 Å². The number of thiazole rings is 1. The lowest BCUT2D eigenvalue weighted by Crippen LogP contribution is -2.31. The molecule has 2 heterocycles. The Kier molecular flexibility index (Phi) is 7.85. The molecule has 1 aliphatic heterocycles. The molecule has 200 valence electrons. The van der Waals surface area contributed by atoms with Gasteiger partial charge in [0.25, 0.3) is 17.7 Å². The third kappa shape index (κ3) is 6.00. The lowest BCUT2D eigenvalue weighted by atomic mass is 10.1. The molecule has 0 aliphatic carbocycles. The third-order valence-electron chi connectivity index (χ3n) is 5.74. The second kappa shape index (κ2) is 11.6. The smallest absolute Gasteiger partial charge is 0.283 e. The van der Waals surface area contributed by atoms with Crippen LogP contribution in [0.5, 0.6) is 0 Å². The van der Waals surface area contributed by atoms with E-state index in [0.29, 0.717) is 16.3 Å². The molecule has 3 aromatic carbocycles. The predicted molar refractivity (Wildman–Crippen MR) is 157 cm³/mol. The monoisotopic (exact) mass is 571 g/mol. The minimum Gasteiger partial charge on any atom is -0.298 e. The van der Waals surface area contributed by atoms with Crippen LogP contribution < -0.4 is 15.6 Å². The largest absolute Gasteiger partial charge is 0.298 e. The molecule has 8 nitrogen and oxygen atoms in total. The molecular weight excluding hydrogens is 549 g/mol. The fourth-order valence-corrected chi connectivity index (χ4v) is 5.64. The molecule has 5 rings (SSSR count). The number of nitrogens with zero attached hydrogens (tertiary/aromatic N) is 3. The van der Waals surface area contributed by atoms with Crippen LogP contribution in [0, 0.1) is 19.7 Å². The average Bonchev–Trinajstić information content (AvgIpc) is 3.46. The molecule has 40 heavy (non-hydrogen) atoms. The first-order chi connectivity index (χ1) is 19.3. The summed E-state index contributed by atoms with van der Waals surface area (Å²) in [6.07, 6.45) is 1.80. The molecule has 11 heteroatoms. The van der Waals surface area contributed by atoms with Crippen LogP contribution in [-0.4, -0.2) is 27.9 Å². The molecule has 0 spiro atoms. The number of amidine groups is 1. The molecule has 1 aromatic heterocycles. The van der Waals surface area contributed by atoms with Gasteiger partial charge in [0.15, 0.2) is 10.3 Å². The third-order valence-corrected chi connectivity index (χ3v) is 7.78. The molecule has 1 aliphatic rings. The summed E-state index contributed by atoms with van der Waals surface area (Å²) in [5.41, 5.74) is 5.73. The van der Waals surface area contributed by atoms with Gasteiger partial charge in [-0.2, -0.15) is 0 Å². The van der Waals surface area contributed by atoms with Gasteiger partial charge in [-0.15, -0.1) is 5.10 Å². The van der Waals surface area contributed by atoms with Gasteiger partial charge in [-0.05, 0) is 73.6 Å². The number of hydrogen-bond acceptors (Lipinski definition) is 7. The number of carbonyl (C=O) groups excluding carboxylic acids is 3. The number of hydrogen-bond donors (Lipinski definition) is 2. The molecule has 0 bridgehead atoms. The fourth-order valence-electron chi connectivity index (χ4n) is 3.85.